The average Bonchev–Trinajstić information content (AvgIpc) is 2.96. The Bertz CT molecular complexity index is 675. The van der Waals surface area contributed by atoms with E-state index in [1.807, 2.05) is 30.3 Å². The van der Waals surface area contributed by atoms with Crippen molar-refractivity contribution in [2.24, 2.45) is 0 Å². The zero-order chi connectivity index (χ0) is 16.1. The van der Waals surface area contributed by atoms with Crippen molar-refractivity contribution in [1.82, 2.24) is 10.6 Å². The molecule has 0 radical (unpaired) electrons. The summed E-state index contributed by atoms with van der Waals surface area (Å²) in [4.78, 5) is 13.2. The lowest BCUT2D eigenvalue weighted by atomic mass is 10.1. The number of carbonyl (C=O) groups is 1. The summed E-state index contributed by atoms with van der Waals surface area (Å²) in [7, 11) is 0. The fourth-order valence-corrected chi connectivity index (χ4v) is 3.67. The number of fused-ring (bicyclic) bond motifs is 1. The Morgan fingerprint density at radius 1 is 1.17 bits per heavy atom. The van der Waals surface area contributed by atoms with Crippen molar-refractivity contribution < 1.29 is 4.79 Å². The monoisotopic (exact) mass is 346 g/mol. The van der Waals surface area contributed by atoms with Gasteiger partial charge in [-0.05, 0) is 48.2 Å². The van der Waals surface area contributed by atoms with Crippen molar-refractivity contribution in [3.63, 3.8) is 0 Å². The molecule has 2 aromatic rings. The number of aryl methyl sites for hydroxylation is 1. The number of hydrogen-bond acceptors (Lipinski definition) is 2. The Morgan fingerprint density at radius 2 is 1.96 bits per heavy atom. The minimum absolute atomic E-state index is 0.0941. The molecule has 23 heavy (non-hydrogen) atoms. The van der Waals surface area contributed by atoms with Crippen molar-refractivity contribution in [1.29, 1.82) is 0 Å². The number of benzene rings is 2. The van der Waals surface area contributed by atoms with Gasteiger partial charge in [0.05, 0.1) is 6.04 Å². The smallest absolute Gasteiger partial charge is 0.315 e. The van der Waals surface area contributed by atoms with E-state index in [1.54, 1.807) is 11.8 Å². The summed E-state index contributed by atoms with van der Waals surface area (Å²) >= 11 is 7.56. The molecule has 0 fully saturated rings. The molecule has 0 aromatic heterocycles. The molecule has 2 aromatic carbocycles. The molecule has 1 atom stereocenters. The maximum absolute atomic E-state index is 12.0. The first-order chi connectivity index (χ1) is 11.2. The zero-order valence-corrected chi connectivity index (χ0v) is 14.3. The van der Waals surface area contributed by atoms with Crippen molar-refractivity contribution in [3.05, 3.63) is 64.7 Å². The molecule has 0 heterocycles. The Balaban J connectivity index is 1.40. The van der Waals surface area contributed by atoms with E-state index in [9.17, 15) is 4.79 Å². The van der Waals surface area contributed by atoms with Gasteiger partial charge in [0.2, 0.25) is 0 Å². The van der Waals surface area contributed by atoms with Gasteiger partial charge in [-0.25, -0.2) is 4.79 Å². The first-order valence-corrected chi connectivity index (χ1v) is 9.09. The lowest BCUT2D eigenvalue weighted by Gasteiger charge is -2.14. The van der Waals surface area contributed by atoms with Crippen LogP contribution in [-0.4, -0.2) is 18.3 Å². The van der Waals surface area contributed by atoms with Crippen LogP contribution in [0.3, 0.4) is 0 Å². The largest absolute Gasteiger partial charge is 0.337 e. The van der Waals surface area contributed by atoms with E-state index in [4.69, 9.17) is 11.6 Å². The number of thioether (sulfide) groups is 1. The van der Waals surface area contributed by atoms with Crippen molar-refractivity contribution in [3.8, 4) is 0 Å². The molecule has 5 heteroatoms. The highest BCUT2D eigenvalue weighted by Crippen LogP contribution is 2.30. The lowest BCUT2D eigenvalue weighted by molar-refractivity contribution is 0.237. The summed E-state index contributed by atoms with van der Waals surface area (Å²) in [5.74, 6) is 0.830. The molecule has 1 aliphatic rings. The second-order valence-electron chi connectivity index (χ2n) is 5.49. The quantitative estimate of drug-likeness (QED) is 0.621. The van der Waals surface area contributed by atoms with Crippen molar-refractivity contribution >= 4 is 29.4 Å². The number of carbonyl (C=O) groups excluding carboxylic acids is 1. The molecule has 0 aliphatic heterocycles. The van der Waals surface area contributed by atoms with Crippen LogP contribution in [0, 0.1) is 0 Å². The van der Waals surface area contributed by atoms with Crippen molar-refractivity contribution in [2.75, 3.05) is 12.3 Å². The van der Waals surface area contributed by atoms with Gasteiger partial charge in [-0.15, -0.1) is 11.8 Å². The number of halogens is 1. The Hall–Kier alpha value is -1.65. The van der Waals surface area contributed by atoms with E-state index in [2.05, 4.69) is 28.8 Å². The van der Waals surface area contributed by atoms with Crippen LogP contribution < -0.4 is 10.6 Å². The summed E-state index contributed by atoms with van der Waals surface area (Å²) in [6.45, 7) is 0.632. The van der Waals surface area contributed by atoms with Gasteiger partial charge in [-0.1, -0.05) is 35.9 Å². The SMILES string of the molecule is O=C(NCCSc1ccc(Cl)cc1)N[C@H]1CCc2ccccc21. The van der Waals surface area contributed by atoms with Gasteiger partial charge < -0.3 is 10.6 Å². The van der Waals surface area contributed by atoms with Crippen LogP contribution >= 0.6 is 23.4 Å². The number of urea groups is 1. The molecule has 120 valence electrons. The molecular formula is C18H19ClN2OS. The van der Waals surface area contributed by atoms with Crippen molar-refractivity contribution in [2.45, 2.75) is 23.8 Å². The van der Waals surface area contributed by atoms with E-state index in [0.29, 0.717) is 6.54 Å². The van der Waals surface area contributed by atoms with Gasteiger partial charge in [0.15, 0.2) is 0 Å². The molecule has 3 rings (SSSR count). The molecule has 2 amide bonds. The fourth-order valence-electron chi connectivity index (χ4n) is 2.78. The predicted octanol–water partition coefficient (Wildman–Crippen LogP) is 4.42. The van der Waals surface area contributed by atoms with Gasteiger partial charge in [-0.3, -0.25) is 0 Å². The summed E-state index contributed by atoms with van der Waals surface area (Å²) in [5.41, 5.74) is 2.59. The van der Waals surface area contributed by atoms with Crippen LogP contribution in [0.2, 0.25) is 5.02 Å². The van der Waals surface area contributed by atoms with Gasteiger partial charge in [0, 0.05) is 22.2 Å². The van der Waals surface area contributed by atoms with Gasteiger partial charge in [0.25, 0.3) is 0 Å². The molecule has 1 aliphatic carbocycles. The van der Waals surface area contributed by atoms with Crippen LogP contribution in [0.1, 0.15) is 23.6 Å². The van der Waals surface area contributed by atoms with E-state index >= 15 is 0 Å². The number of amides is 2. The fraction of sp³-hybridized carbons (Fsp3) is 0.278. The minimum Gasteiger partial charge on any atom is -0.337 e. The summed E-state index contributed by atoms with van der Waals surface area (Å²) < 4.78 is 0. The third-order valence-electron chi connectivity index (χ3n) is 3.91. The van der Waals surface area contributed by atoms with Gasteiger partial charge >= 0.3 is 6.03 Å². The van der Waals surface area contributed by atoms with Gasteiger partial charge in [0.1, 0.15) is 0 Å². The lowest BCUT2D eigenvalue weighted by Crippen LogP contribution is -2.38. The normalized spacial score (nSPS) is 16.0. The molecule has 0 saturated carbocycles. The molecule has 0 bridgehead atoms. The number of nitrogens with one attached hydrogen (secondary N) is 2. The maximum Gasteiger partial charge on any atom is 0.315 e. The van der Waals surface area contributed by atoms with E-state index in [1.165, 1.54) is 11.1 Å². The highest BCUT2D eigenvalue weighted by Gasteiger charge is 2.22. The first-order valence-electron chi connectivity index (χ1n) is 7.73. The molecule has 3 nitrogen and oxygen atoms in total. The second-order valence-corrected chi connectivity index (χ2v) is 7.10. The average molecular weight is 347 g/mol. The molecule has 0 saturated heterocycles. The van der Waals surface area contributed by atoms with E-state index in [-0.39, 0.29) is 12.1 Å². The predicted molar refractivity (Wildman–Crippen MR) is 96.2 cm³/mol. The minimum atomic E-state index is -0.0941. The van der Waals surface area contributed by atoms with Crippen LogP contribution in [0.15, 0.2) is 53.4 Å². The Morgan fingerprint density at radius 3 is 2.78 bits per heavy atom. The zero-order valence-electron chi connectivity index (χ0n) is 12.7. The van der Waals surface area contributed by atoms with Crippen LogP contribution in [0.5, 0.6) is 0 Å². The highest BCUT2D eigenvalue weighted by molar-refractivity contribution is 7.99. The number of hydrogen-bond donors (Lipinski definition) is 2. The topological polar surface area (TPSA) is 41.1 Å². The molecular weight excluding hydrogens is 328 g/mol. The third kappa shape index (κ3) is 4.43. The second kappa shape index (κ2) is 7.75. The standard InChI is InChI=1S/C18H19ClN2OS/c19-14-6-8-15(9-7-14)23-12-11-20-18(22)21-17-10-5-13-3-1-2-4-16(13)17/h1-4,6-9,17H,5,10-12H2,(H2,20,21,22)/t17-/m0/s1. The van der Waals surface area contributed by atoms with E-state index in [0.717, 1.165) is 28.5 Å². The molecule has 2 N–H and O–H groups in total. The first kappa shape index (κ1) is 16.2. The number of rotatable bonds is 5. The van der Waals surface area contributed by atoms with Crippen LogP contribution in [-0.2, 0) is 6.42 Å². The Labute approximate surface area is 145 Å². The maximum atomic E-state index is 12.0. The molecule has 0 spiro atoms. The van der Waals surface area contributed by atoms with Gasteiger partial charge in [-0.2, -0.15) is 0 Å². The summed E-state index contributed by atoms with van der Waals surface area (Å²) in [6, 6.07) is 16.1. The Kier molecular flexibility index (Phi) is 5.47. The third-order valence-corrected chi connectivity index (χ3v) is 5.17. The summed E-state index contributed by atoms with van der Waals surface area (Å²) in [5, 5.41) is 6.73. The highest BCUT2D eigenvalue weighted by atomic mass is 35.5. The van der Waals surface area contributed by atoms with Crippen LogP contribution in [0.4, 0.5) is 4.79 Å². The molecule has 0 unspecified atom stereocenters. The summed E-state index contributed by atoms with van der Waals surface area (Å²) in [6.07, 6.45) is 2.01. The van der Waals surface area contributed by atoms with E-state index < -0.39 is 0 Å². The van der Waals surface area contributed by atoms with Crippen LogP contribution in [0.25, 0.3) is 0 Å².